The van der Waals surface area contributed by atoms with Crippen LogP contribution in [-0.2, 0) is 94.5 Å². The minimum Gasteiger partial charge on any atom is -0.481 e. The molecule has 0 aliphatic carbocycles. The van der Waals surface area contributed by atoms with E-state index in [1.807, 2.05) is 105 Å². The summed E-state index contributed by atoms with van der Waals surface area (Å²) in [7, 11) is 4.40. The number of carbonyl (C=O) groups is 4. The molecule has 5 amide bonds. The van der Waals surface area contributed by atoms with Gasteiger partial charge in [0.25, 0.3) is 0 Å². The molecule has 4 N–H and O–H groups in total. The van der Waals surface area contributed by atoms with E-state index in [0.717, 1.165) is 42.0 Å². The fraction of sp³-hybridized carbons (Fsp3) is 0.653. The number of nitrogens with one attached hydrogen (secondary N) is 3. The smallest absolute Gasteiger partial charge is 0.317 e. The van der Waals surface area contributed by atoms with Gasteiger partial charge in [0, 0.05) is 146 Å². The molecule has 2 radical (unpaired) electrons. The monoisotopic (exact) mass is 1200 g/mol. The molecule has 70 heavy (non-hydrogen) atoms. The van der Waals surface area contributed by atoms with Crippen LogP contribution in [-0.4, -0.2) is 99.5 Å². The second-order valence-electron chi connectivity index (χ2n) is 12.2. The first-order chi connectivity index (χ1) is 32.3. The van der Waals surface area contributed by atoms with Crippen molar-refractivity contribution in [2.75, 3.05) is 40.8 Å². The molecule has 1 unspecified atom stereocenters. The largest absolute Gasteiger partial charge is 0.481 e. The predicted octanol–water partition coefficient (Wildman–Crippen LogP) is 13.2. The van der Waals surface area contributed by atoms with Crippen LogP contribution in [0.3, 0.4) is 0 Å². The van der Waals surface area contributed by atoms with E-state index in [-0.39, 0.29) is 95.7 Å². The van der Waals surface area contributed by atoms with Crippen LogP contribution in [0.1, 0.15) is 159 Å². The van der Waals surface area contributed by atoms with Crippen LogP contribution in [0.5, 0.6) is 0 Å². The maximum atomic E-state index is 11.3. The number of carbonyl (C=O) groups excluding carboxylic acids is 3. The molecule has 0 aliphatic rings. The molecule has 0 aromatic carbocycles. The van der Waals surface area contributed by atoms with E-state index in [1.54, 1.807) is 84.1 Å². The van der Waals surface area contributed by atoms with Crippen molar-refractivity contribution in [2.45, 2.75) is 163 Å². The average molecular weight is 1200 g/mol. The molecule has 3 rings (SSSR count). The zero-order valence-electron chi connectivity index (χ0n) is 47.6. The van der Waals surface area contributed by atoms with Crippen LogP contribution >= 0.6 is 34.0 Å². The number of nitrogens with zero attached hydrogens (tertiary/aromatic N) is 6. The molecule has 0 fully saturated rings. The van der Waals surface area contributed by atoms with Gasteiger partial charge in [-0.25, -0.2) is 24.5 Å². The topological polar surface area (TPSA) is 213 Å². The second kappa shape index (κ2) is 78.2. The van der Waals surface area contributed by atoms with Gasteiger partial charge < -0.3 is 44.7 Å². The van der Waals surface area contributed by atoms with Crippen LogP contribution in [0.2, 0.25) is 0 Å². The Morgan fingerprint density at radius 1 is 0.700 bits per heavy atom. The molecule has 0 aliphatic heterocycles. The van der Waals surface area contributed by atoms with Crippen molar-refractivity contribution in [2.24, 2.45) is 11.8 Å². The Labute approximate surface area is 490 Å². The van der Waals surface area contributed by atoms with Gasteiger partial charge in [0.2, 0.25) is 5.91 Å². The third-order valence-corrected chi connectivity index (χ3v) is 8.91. The number of aliphatic carboxylic acids is 1. The van der Waals surface area contributed by atoms with Gasteiger partial charge in [-0.15, -0.1) is 34.0 Å². The first kappa shape index (κ1) is 93.7. The van der Waals surface area contributed by atoms with Crippen molar-refractivity contribution in [3.8, 4) is 0 Å². The first-order valence-corrected chi connectivity index (χ1v) is 26.2. The number of hydrogen-bond donors (Lipinski definition) is 4. The Bertz CT molecular complexity index is 1400. The second-order valence-corrected chi connectivity index (χ2v) is 15.1. The SMILES string of the molecule is C=C(C(C)C)C(CC)CC(=O)O.CC.CC.CC.CCC.CCNC(=O)N(C)Cc1nccs1.CCNC(=O)N(C)Cc1nccs1.CCNC(C)=O.CCc1nccs1.C[N+](=O)[O-].[CH2-]C.[CH2-]C.[Y].[Y]. The molecule has 16 nitrogen and oxygen atoms in total. The number of allylic oxidation sites excluding steroid dienone is 1. The van der Waals surface area contributed by atoms with E-state index in [9.17, 15) is 19.2 Å². The van der Waals surface area contributed by atoms with Gasteiger partial charge in [0.1, 0.15) is 10.0 Å². The molecular weight excluding hydrogens is 1100 g/mol. The van der Waals surface area contributed by atoms with Crippen molar-refractivity contribution >= 4 is 57.9 Å². The molecule has 3 aromatic heterocycles. The molecule has 0 spiro atoms. The van der Waals surface area contributed by atoms with Crippen LogP contribution < -0.4 is 16.0 Å². The average Bonchev–Trinajstić information content (AvgIpc) is 4.16. The van der Waals surface area contributed by atoms with Gasteiger partial charge >= 0.3 is 18.0 Å². The summed E-state index contributed by atoms with van der Waals surface area (Å²) in [5.74, 6) is -0.169. The molecule has 21 heteroatoms. The number of thiazole rings is 3. The predicted molar refractivity (Wildman–Crippen MR) is 296 cm³/mol. The summed E-state index contributed by atoms with van der Waals surface area (Å²) in [4.78, 5) is 66.7. The maximum absolute atomic E-state index is 11.3. The van der Waals surface area contributed by atoms with Crippen LogP contribution in [0.15, 0.2) is 46.9 Å². The van der Waals surface area contributed by atoms with Gasteiger partial charge in [-0.05, 0) is 45.4 Å². The number of urea groups is 2. The van der Waals surface area contributed by atoms with Crippen molar-refractivity contribution < 1.29 is 94.6 Å². The van der Waals surface area contributed by atoms with Crippen molar-refractivity contribution in [1.82, 2.24) is 40.7 Å². The van der Waals surface area contributed by atoms with E-state index in [4.69, 9.17) is 15.2 Å². The normalized spacial score (nSPS) is 8.46. The van der Waals surface area contributed by atoms with Crippen molar-refractivity contribution in [3.05, 3.63) is 85.9 Å². The summed E-state index contributed by atoms with van der Waals surface area (Å²) < 4.78 is 0. The zero-order valence-corrected chi connectivity index (χ0v) is 55.7. The summed E-state index contributed by atoms with van der Waals surface area (Å²) in [6.45, 7) is 48.7. The van der Waals surface area contributed by atoms with Crippen LogP contribution in [0, 0.1) is 35.8 Å². The van der Waals surface area contributed by atoms with Gasteiger partial charge in [-0.2, -0.15) is 13.8 Å². The maximum Gasteiger partial charge on any atom is 0.317 e. The Hall–Kier alpha value is -2.28. The summed E-state index contributed by atoms with van der Waals surface area (Å²) in [5.41, 5.74) is 1.06. The Balaban J connectivity index is -0.0000000645. The van der Waals surface area contributed by atoms with E-state index >= 15 is 0 Å². The van der Waals surface area contributed by atoms with Gasteiger partial charge in [0.15, 0.2) is 7.05 Å². The Kier molecular flexibility index (Phi) is 105. The minimum absolute atomic E-state index is 0. The van der Waals surface area contributed by atoms with E-state index in [1.165, 1.54) is 18.4 Å². The molecule has 3 aromatic rings. The van der Waals surface area contributed by atoms with E-state index in [2.05, 4.69) is 72.1 Å². The fourth-order valence-corrected chi connectivity index (χ4v) is 5.58. The number of nitro groups is 1. The Morgan fingerprint density at radius 2 is 0.986 bits per heavy atom. The number of carboxylic acids is 1. The molecular formula is C49H99N9O7S3Y2-2. The minimum atomic E-state index is -0.733. The number of hydrogen-bond acceptors (Lipinski definition) is 12. The number of aryl methyl sites for hydroxylation is 1. The Morgan fingerprint density at radius 3 is 1.14 bits per heavy atom. The van der Waals surface area contributed by atoms with Gasteiger partial charge in [-0.1, -0.05) is 102 Å². The summed E-state index contributed by atoms with van der Waals surface area (Å²) in [6, 6.07) is -0.115. The molecule has 1 atom stereocenters. The summed E-state index contributed by atoms with van der Waals surface area (Å²) >= 11 is 4.82. The summed E-state index contributed by atoms with van der Waals surface area (Å²) in [5, 5.41) is 34.4. The van der Waals surface area contributed by atoms with Crippen LogP contribution in [0.4, 0.5) is 9.59 Å². The number of aromatic nitrogens is 3. The van der Waals surface area contributed by atoms with Crippen molar-refractivity contribution in [1.29, 1.82) is 0 Å². The zero-order chi connectivity index (χ0) is 55.5. The van der Waals surface area contributed by atoms with Gasteiger partial charge in [-0.3, -0.25) is 19.7 Å². The molecule has 3 heterocycles. The van der Waals surface area contributed by atoms with E-state index in [0.29, 0.717) is 32.1 Å². The summed E-state index contributed by atoms with van der Waals surface area (Å²) in [6.07, 6.45) is 8.72. The molecule has 0 bridgehead atoms. The molecule has 408 valence electrons. The van der Waals surface area contributed by atoms with Crippen molar-refractivity contribution in [3.63, 3.8) is 0 Å². The fourth-order valence-electron chi connectivity index (χ4n) is 3.68. The van der Waals surface area contributed by atoms with Gasteiger partial charge in [0.05, 0.1) is 24.5 Å². The molecule has 0 saturated heterocycles. The van der Waals surface area contributed by atoms with Crippen LogP contribution in [0.25, 0.3) is 0 Å². The number of carboxylic acid groups (broad SMARTS) is 1. The standard InChI is InChI=1S/C10H18O2.2C8H13N3OS.C5H7NS.C4H9NO.C3H8.3C2H6.2C2H5.CH3NO2.2Y/c1-5-9(6-10(11)12)8(4)7(2)3;2*1-3-9-8(12)11(2)6-7-10-4-5-13-7;1-2-5-6-3-4-7-5;1-3-5-4(2)6;1-3-2;5*1-2;1-2(3)4;;/h7,9H,4-6H2,1-3H3,(H,11,12);2*4-5H,3,6H2,1-2H3,(H,9,12);3-4H,2H2,1H3;3H2,1-2H3,(H,5,6);3H2,1-2H3;3*1-2H3;2*1H2,2H3;1H3;;/q;;;;;;;;;2*-1;;;. The third-order valence-electron chi connectivity index (χ3n) is 6.45. The number of amides is 5. The quantitative estimate of drug-likeness (QED) is 0.0550. The number of rotatable bonds is 13. The molecule has 0 saturated carbocycles. The van der Waals surface area contributed by atoms with E-state index < -0.39 is 10.9 Å². The first-order valence-electron chi connectivity index (χ1n) is 23.6. The third kappa shape index (κ3) is 77.2.